The first-order valence-corrected chi connectivity index (χ1v) is 30.1. The molecule has 3 aromatic rings. The summed E-state index contributed by atoms with van der Waals surface area (Å²) in [6.45, 7) is 8.34. The van der Waals surface area contributed by atoms with E-state index in [1.807, 2.05) is 0 Å². The van der Waals surface area contributed by atoms with Crippen molar-refractivity contribution in [2.24, 2.45) is 22.7 Å². The summed E-state index contributed by atoms with van der Waals surface area (Å²) in [5, 5.41) is 29.5. The van der Waals surface area contributed by atoms with Crippen LogP contribution in [0.5, 0.6) is 0 Å². The number of ketones is 1. The number of benzene rings is 3. The molecule has 7 rings (SSSR count). The third-order valence-corrected chi connectivity index (χ3v) is 18.6. The van der Waals surface area contributed by atoms with Crippen molar-refractivity contribution in [3.8, 4) is 0 Å². The average molecular weight is 1160 g/mol. The van der Waals surface area contributed by atoms with Gasteiger partial charge in [-0.3, -0.25) is 28.8 Å². The number of aliphatic hydroxyl groups is 2. The number of rotatable bonds is 24. The minimum Gasteiger partial charge on any atom is -0.455 e. The van der Waals surface area contributed by atoms with Crippen molar-refractivity contribution in [1.29, 1.82) is 0 Å². The zero-order valence-corrected chi connectivity index (χ0v) is 48.8. The number of fused-ring (bicyclic) bond motifs is 5. The van der Waals surface area contributed by atoms with Gasteiger partial charge in [-0.1, -0.05) is 93.9 Å². The summed E-state index contributed by atoms with van der Waals surface area (Å²) in [4.78, 5) is 112. The Morgan fingerprint density at radius 1 is 0.802 bits per heavy atom. The second kappa shape index (κ2) is 26.9. The van der Waals surface area contributed by atoms with Crippen LogP contribution < -0.4 is 5.32 Å². The molecular formula is C61H75NO17S2. The molecule has 4 unspecified atom stereocenters. The fourth-order valence-electron chi connectivity index (χ4n) is 12.5. The first-order chi connectivity index (χ1) is 38.5. The Morgan fingerprint density at radius 2 is 1.41 bits per heavy atom. The molecule has 4 aliphatic rings. The number of ether oxygens (including phenoxy) is 7. The van der Waals surface area contributed by atoms with E-state index in [1.54, 1.807) is 130 Å². The minimum atomic E-state index is -2.32. The van der Waals surface area contributed by atoms with E-state index in [0.717, 1.165) is 25.0 Å². The molecule has 3 aromatic carbocycles. The molecule has 3 aliphatic carbocycles. The van der Waals surface area contributed by atoms with Crippen LogP contribution in [0.2, 0.25) is 0 Å². The first-order valence-electron chi connectivity index (χ1n) is 27.4. The van der Waals surface area contributed by atoms with Crippen molar-refractivity contribution in [2.45, 2.75) is 152 Å². The largest absolute Gasteiger partial charge is 0.455 e. The molecule has 3 fully saturated rings. The topological polar surface area (TPSA) is 254 Å². The number of carbonyl (C=O) groups is 8. The van der Waals surface area contributed by atoms with Crippen molar-refractivity contribution in [3.63, 3.8) is 0 Å². The van der Waals surface area contributed by atoms with Gasteiger partial charge >= 0.3 is 35.8 Å². The molecular weight excluding hydrogens is 1080 g/mol. The van der Waals surface area contributed by atoms with Gasteiger partial charge in [0.05, 0.1) is 42.4 Å². The van der Waals surface area contributed by atoms with E-state index in [-0.39, 0.29) is 30.6 Å². The first kappa shape index (κ1) is 62.5. The molecule has 0 spiro atoms. The van der Waals surface area contributed by atoms with Crippen LogP contribution in [0.4, 0.5) is 0 Å². The number of hydrogen-bond donors (Lipinski definition) is 3. The molecule has 3 N–H and O–H groups in total. The Balaban J connectivity index is 1.20. The van der Waals surface area contributed by atoms with Crippen LogP contribution in [-0.2, 0) is 61.9 Å². The van der Waals surface area contributed by atoms with Crippen LogP contribution in [0.25, 0.3) is 0 Å². The Labute approximate surface area is 481 Å². The van der Waals surface area contributed by atoms with Crippen molar-refractivity contribution >= 4 is 71.0 Å². The van der Waals surface area contributed by atoms with E-state index < -0.39 is 144 Å². The standard InChI is InChI=1S/C61H75NO17S2/c1-36-43(33-61(72)54(78-56(70)41-24-16-11-17-25-41)52-59(6,53(68)37(2)49(36)58(61,4)5)44(64)32-45-60(52,34-73-45)79-38(3)63)76-57(71)51(50(39-20-12-9-13-21-39)62-55(69)40-22-14-10-15-23-40)77-48(67)29-28-47(66)75-35-74-46(65)27-19-18-26-42(81-8)30-31-80-7/h9-17,20-25,37,42-45,50-52,54,64,72H,18-19,26-35H2,1-8H3,(H,62,69)/t37-,42?,43?,44+,45?,50+,51?,52+,54+,59-,60+,61-/m1/s1. The van der Waals surface area contributed by atoms with Gasteiger partial charge in [0.2, 0.25) is 12.9 Å². The minimum absolute atomic E-state index is 0.0799. The van der Waals surface area contributed by atoms with Gasteiger partial charge in [-0.05, 0) is 92.3 Å². The normalized spacial score (nSPS) is 27.4. The van der Waals surface area contributed by atoms with E-state index in [0.29, 0.717) is 28.4 Å². The van der Waals surface area contributed by atoms with Crippen LogP contribution in [0.1, 0.15) is 132 Å². The van der Waals surface area contributed by atoms with Gasteiger partial charge in [0.15, 0.2) is 5.60 Å². The van der Waals surface area contributed by atoms with Gasteiger partial charge in [-0.15, -0.1) is 0 Å². The molecule has 12 atom stereocenters. The molecule has 18 nitrogen and oxygen atoms in total. The summed E-state index contributed by atoms with van der Waals surface area (Å²) < 4.78 is 41.3. The number of esters is 6. The fourth-order valence-corrected chi connectivity index (χ4v) is 13.9. The van der Waals surface area contributed by atoms with Crippen molar-refractivity contribution in [3.05, 3.63) is 119 Å². The molecule has 1 saturated heterocycles. The highest BCUT2D eigenvalue weighted by Gasteiger charge is 2.77. The maximum atomic E-state index is 15.6. The lowest BCUT2D eigenvalue weighted by Crippen LogP contribution is -2.81. The molecule has 20 heteroatoms. The van der Waals surface area contributed by atoms with Gasteiger partial charge in [-0.2, -0.15) is 23.5 Å². The van der Waals surface area contributed by atoms with E-state index in [4.69, 9.17) is 33.2 Å². The fraction of sp³-hybridized carbons (Fsp3) is 0.541. The zero-order valence-electron chi connectivity index (χ0n) is 47.2. The van der Waals surface area contributed by atoms with Gasteiger partial charge in [0.1, 0.15) is 35.7 Å². The molecule has 1 aliphatic heterocycles. The molecule has 1 amide bonds. The number of nitrogens with one attached hydrogen (secondary N) is 1. The quantitative estimate of drug-likeness (QED) is 0.0254. The molecule has 0 radical (unpaired) electrons. The predicted molar refractivity (Wildman–Crippen MR) is 300 cm³/mol. The summed E-state index contributed by atoms with van der Waals surface area (Å²) in [7, 11) is 0. The Hall–Kier alpha value is -6.06. The summed E-state index contributed by atoms with van der Waals surface area (Å²) in [5.41, 5.74) is -6.18. The number of aliphatic hydroxyl groups excluding tert-OH is 1. The SMILES string of the molecule is CSCCC(CCCCC(=O)OCOC(=O)CCC(=O)OC(C(=O)OC1C[C@@]2(O)[C@@H](OC(=O)c3ccccc3)[C@H]3[C@](C)(C(=O)[C@H](C)C(=C1C)C2(C)C)[C@@H](O)CC1OC[C@]13OC(C)=O)[C@@H](NC(=O)c1ccccc1)c1ccccc1)SC. The average Bonchev–Trinajstić information content (AvgIpc) is 3.27. The summed E-state index contributed by atoms with van der Waals surface area (Å²) in [6, 6.07) is 22.7. The van der Waals surface area contributed by atoms with Crippen molar-refractivity contribution in [2.75, 3.05) is 31.7 Å². The summed E-state index contributed by atoms with van der Waals surface area (Å²) >= 11 is 3.60. The Kier molecular flexibility index (Phi) is 20.8. The summed E-state index contributed by atoms with van der Waals surface area (Å²) in [5.74, 6) is -8.12. The maximum Gasteiger partial charge on any atom is 0.350 e. The second-order valence-electron chi connectivity index (χ2n) is 22.1. The van der Waals surface area contributed by atoms with E-state index in [9.17, 15) is 39.0 Å². The molecule has 81 heavy (non-hydrogen) atoms. The lowest BCUT2D eigenvalue weighted by atomic mass is 9.43. The lowest BCUT2D eigenvalue weighted by molar-refractivity contribution is -0.345. The molecule has 1 heterocycles. The van der Waals surface area contributed by atoms with Gasteiger partial charge in [0.25, 0.3) is 5.91 Å². The molecule has 438 valence electrons. The number of carbonyl (C=O) groups excluding carboxylic acids is 8. The Bertz CT molecular complexity index is 2800. The number of hydrogen-bond acceptors (Lipinski definition) is 19. The highest BCUT2D eigenvalue weighted by atomic mass is 32.2. The van der Waals surface area contributed by atoms with E-state index in [2.05, 4.69) is 17.8 Å². The Morgan fingerprint density at radius 3 is 2.00 bits per heavy atom. The van der Waals surface area contributed by atoms with Crippen LogP contribution in [-0.4, -0.2) is 136 Å². The second-order valence-corrected chi connectivity index (χ2v) is 24.2. The zero-order chi connectivity index (χ0) is 58.9. The molecule has 2 saturated carbocycles. The van der Waals surface area contributed by atoms with E-state index in [1.165, 1.54) is 26.0 Å². The van der Waals surface area contributed by atoms with Crippen LogP contribution in [0, 0.1) is 22.7 Å². The van der Waals surface area contributed by atoms with Gasteiger partial charge < -0.3 is 48.7 Å². The molecule has 2 bridgehead atoms. The highest BCUT2D eigenvalue weighted by Crippen LogP contribution is 2.65. The van der Waals surface area contributed by atoms with E-state index >= 15 is 9.59 Å². The van der Waals surface area contributed by atoms with Gasteiger partial charge in [-0.25, -0.2) is 9.59 Å². The molecule has 0 aromatic heterocycles. The van der Waals surface area contributed by atoms with Crippen LogP contribution in [0.3, 0.4) is 0 Å². The monoisotopic (exact) mass is 1160 g/mol. The summed E-state index contributed by atoms with van der Waals surface area (Å²) in [6.07, 6.45) is -1.76. The van der Waals surface area contributed by atoms with Crippen LogP contribution >= 0.6 is 23.5 Å². The highest BCUT2D eigenvalue weighted by molar-refractivity contribution is 7.99. The van der Waals surface area contributed by atoms with Gasteiger partial charge in [0, 0.05) is 48.3 Å². The predicted octanol–water partition coefficient (Wildman–Crippen LogP) is 7.86. The maximum absolute atomic E-state index is 15.6. The van der Waals surface area contributed by atoms with Crippen LogP contribution in [0.15, 0.2) is 102 Å². The third kappa shape index (κ3) is 13.4. The van der Waals surface area contributed by atoms with Crippen molar-refractivity contribution < 1.29 is 81.7 Å². The van der Waals surface area contributed by atoms with Crippen molar-refractivity contribution in [1.82, 2.24) is 5.32 Å². The number of amides is 1. The number of thioether (sulfide) groups is 2. The number of unbranched alkanes of at least 4 members (excludes halogenated alkanes) is 1. The third-order valence-electron chi connectivity index (χ3n) is 16.9. The number of Topliss-reactive ketones (excluding diaryl/α,β-unsaturated/α-hetero) is 1. The lowest BCUT2D eigenvalue weighted by Gasteiger charge is -2.67. The smallest absolute Gasteiger partial charge is 0.350 e.